The van der Waals surface area contributed by atoms with Crippen LogP contribution in [0.25, 0.3) is 0 Å². The highest BCUT2D eigenvalue weighted by molar-refractivity contribution is 6.00. The number of ether oxygens (including phenoxy) is 4. The summed E-state index contributed by atoms with van der Waals surface area (Å²) >= 11 is 0. The Morgan fingerprint density at radius 3 is 2.67 bits per heavy atom. The van der Waals surface area contributed by atoms with Gasteiger partial charge in [-0.15, -0.1) is 0 Å². The molecule has 144 valence electrons. The normalized spacial score (nSPS) is 34.8. The number of carbonyl (C=O) groups excluding carboxylic acids is 1. The van der Waals surface area contributed by atoms with E-state index in [2.05, 4.69) is 13.0 Å². The van der Waals surface area contributed by atoms with Gasteiger partial charge in [0, 0.05) is 26.2 Å². The standard InChI is InChI=1S/C22H26O5/c1-5-6-16-10-22(25-4)14(2)17(11-21(22,24-3)12-18(16)23)15-7-8-19-20(9-15)27-13-26-19/h5-10,14,17H,11-13H2,1-4H3/t14-,17+,21+,22+/m1/s1. The molecule has 5 nitrogen and oxygen atoms in total. The first kappa shape index (κ1) is 18.3. The quantitative estimate of drug-likeness (QED) is 0.807. The van der Waals surface area contributed by atoms with Crippen LogP contribution in [0.3, 0.4) is 0 Å². The molecule has 4 rings (SSSR count). The summed E-state index contributed by atoms with van der Waals surface area (Å²) in [6.07, 6.45) is 6.77. The van der Waals surface area contributed by atoms with Gasteiger partial charge in [-0.2, -0.15) is 0 Å². The highest BCUT2D eigenvalue weighted by Crippen LogP contribution is 2.59. The number of rotatable bonds is 4. The van der Waals surface area contributed by atoms with E-state index in [4.69, 9.17) is 18.9 Å². The second-order valence-corrected chi connectivity index (χ2v) is 7.61. The van der Waals surface area contributed by atoms with Gasteiger partial charge in [0.2, 0.25) is 6.79 Å². The minimum absolute atomic E-state index is 0.0983. The van der Waals surface area contributed by atoms with E-state index in [9.17, 15) is 4.79 Å². The Bertz CT molecular complexity index is 826. The average molecular weight is 370 g/mol. The molecular formula is C22H26O5. The van der Waals surface area contributed by atoms with Crippen LogP contribution in [0.5, 0.6) is 11.5 Å². The lowest BCUT2D eigenvalue weighted by Crippen LogP contribution is -2.57. The Hall–Kier alpha value is -2.11. The summed E-state index contributed by atoms with van der Waals surface area (Å²) in [6.45, 7) is 4.35. The molecule has 1 aromatic carbocycles. The van der Waals surface area contributed by atoms with Crippen LogP contribution in [-0.4, -0.2) is 38.0 Å². The van der Waals surface area contributed by atoms with Crippen molar-refractivity contribution >= 4 is 5.78 Å². The first-order valence-corrected chi connectivity index (χ1v) is 9.39. The molecule has 1 aromatic rings. The number of methoxy groups -OCH3 is 2. The van der Waals surface area contributed by atoms with Crippen molar-refractivity contribution in [1.82, 2.24) is 0 Å². The lowest BCUT2D eigenvalue weighted by molar-refractivity contribution is -0.168. The van der Waals surface area contributed by atoms with Crippen molar-refractivity contribution in [2.75, 3.05) is 21.0 Å². The number of benzene rings is 1. The number of carbonyl (C=O) groups is 1. The summed E-state index contributed by atoms with van der Waals surface area (Å²) < 4.78 is 23.2. The van der Waals surface area contributed by atoms with E-state index in [1.165, 1.54) is 0 Å². The van der Waals surface area contributed by atoms with Gasteiger partial charge in [-0.1, -0.05) is 25.1 Å². The maximum Gasteiger partial charge on any atom is 0.231 e. The van der Waals surface area contributed by atoms with E-state index in [-0.39, 0.29) is 24.4 Å². The van der Waals surface area contributed by atoms with Crippen LogP contribution in [0.1, 0.15) is 38.2 Å². The molecule has 1 aliphatic heterocycles. The Morgan fingerprint density at radius 2 is 1.96 bits per heavy atom. The first-order chi connectivity index (χ1) is 13.0. The van der Waals surface area contributed by atoms with E-state index in [0.717, 1.165) is 17.1 Å². The molecule has 0 bridgehead atoms. The summed E-state index contributed by atoms with van der Waals surface area (Å²) in [5.74, 6) is 1.94. The van der Waals surface area contributed by atoms with Gasteiger partial charge in [0.15, 0.2) is 17.3 Å². The number of allylic oxidation sites excluding steroid dienone is 3. The minimum atomic E-state index is -0.676. The summed E-state index contributed by atoms with van der Waals surface area (Å²) in [5, 5.41) is 0. The molecule has 3 aliphatic rings. The predicted octanol–water partition coefficient (Wildman–Crippen LogP) is 3.78. The molecule has 1 heterocycles. The van der Waals surface area contributed by atoms with Gasteiger partial charge in [-0.05, 0) is 49.0 Å². The maximum atomic E-state index is 12.8. The molecule has 1 saturated carbocycles. The highest BCUT2D eigenvalue weighted by atomic mass is 16.7. The molecular weight excluding hydrogens is 344 g/mol. The third kappa shape index (κ3) is 2.48. The third-order valence-corrected chi connectivity index (χ3v) is 6.58. The predicted molar refractivity (Wildman–Crippen MR) is 101 cm³/mol. The van der Waals surface area contributed by atoms with Crippen LogP contribution in [0.2, 0.25) is 0 Å². The number of hydrogen-bond acceptors (Lipinski definition) is 5. The first-order valence-electron chi connectivity index (χ1n) is 9.39. The summed E-state index contributed by atoms with van der Waals surface area (Å²) in [4.78, 5) is 12.8. The van der Waals surface area contributed by atoms with Crippen molar-refractivity contribution in [2.24, 2.45) is 5.92 Å². The zero-order valence-electron chi connectivity index (χ0n) is 16.3. The number of ketones is 1. The van der Waals surface area contributed by atoms with E-state index < -0.39 is 11.2 Å². The second-order valence-electron chi connectivity index (χ2n) is 7.61. The second kappa shape index (κ2) is 6.50. The van der Waals surface area contributed by atoms with Crippen molar-refractivity contribution in [3.63, 3.8) is 0 Å². The maximum absolute atomic E-state index is 12.8. The van der Waals surface area contributed by atoms with E-state index in [1.54, 1.807) is 14.2 Å². The zero-order valence-corrected chi connectivity index (χ0v) is 16.3. The van der Waals surface area contributed by atoms with Gasteiger partial charge >= 0.3 is 0 Å². The van der Waals surface area contributed by atoms with Gasteiger partial charge in [-0.25, -0.2) is 0 Å². The molecule has 0 N–H and O–H groups in total. The average Bonchev–Trinajstić information content (AvgIpc) is 3.24. The highest BCUT2D eigenvalue weighted by Gasteiger charge is 2.65. The van der Waals surface area contributed by atoms with E-state index >= 15 is 0 Å². The number of hydrogen-bond donors (Lipinski definition) is 0. The lowest BCUT2D eigenvalue weighted by atomic mass is 9.71. The van der Waals surface area contributed by atoms with E-state index in [0.29, 0.717) is 18.4 Å². The van der Waals surface area contributed by atoms with Crippen molar-refractivity contribution in [3.05, 3.63) is 47.6 Å². The Morgan fingerprint density at radius 1 is 1.19 bits per heavy atom. The third-order valence-electron chi connectivity index (χ3n) is 6.58. The van der Waals surface area contributed by atoms with Gasteiger partial charge in [-0.3, -0.25) is 4.79 Å². The molecule has 2 aliphatic carbocycles. The molecule has 0 amide bonds. The minimum Gasteiger partial charge on any atom is -0.454 e. The van der Waals surface area contributed by atoms with Crippen molar-refractivity contribution in [1.29, 1.82) is 0 Å². The van der Waals surface area contributed by atoms with Crippen molar-refractivity contribution < 1.29 is 23.7 Å². The Labute approximate surface area is 159 Å². The van der Waals surface area contributed by atoms with Crippen LogP contribution in [0, 0.1) is 5.92 Å². The molecule has 0 aromatic heterocycles. The van der Waals surface area contributed by atoms with Crippen LogP contribution in [0.4, 0.5) is 0 Å². The molecule has 1 fully saturated rings. The van der Waals surface area contributed by atoms with E-state index in [1.807, 2.05) is 37.3 Å². The van der Waals surface area contributed by atoms with Crippen LogP contribution in [0.15, 0.2) is 42.0 Å². The molecule has 4 atom stereocenters. The molecule has 0 spiro atoms. The van der Waals surface area contributed by atoms with Gasteiger partial charge < -0.3 is 18.9 Å². The van der Waals surface area contributed by atoms with Crippen LogP contribution < -0.4 is 9.47 Å². The summed E-state index contributed by atoms with van der Waals surface area (Å²) in [5.41, 5.74) is 0.517. The molecule has 0 radical (unpaired) electrons. The molecule has 5 heteroatoms. The molecule has 0 unspecified atom stereocenters. The van der Waals surface area contributed by atoms with Crippen LogP contribution in [-0.2, 0) is 14.3 Å². The fourth-order valence-electron chi connectivity index (χ4n) is 5.17. The largest absolute Gasteiger partial charge is 0.454 e. The monoisotopic (exact) mass is 370 g/mol. The number of fused-ring (bicyclic) bond motifs is 2. The van der Waals surface area contributed by atoms with Gasteiger partial charge in [0.25, 0.3) is 0 Å². The fourth-order valence-corrected chi connectivity index (χ4v) is 5.17. The Balaban J connectivity index is 1.80. The molecule has 0 saturated heterocycles. The molecule has 27 heavy (non-hydrogen) atoms. The number of Topliss-reactive ketones (excluding diaryl/α,β-unsaturated/α-hetero) is 1. The summed E-state index contributed by atoms with van der Waals surface area (Å²) in [7, 11) is 3.40. The van der Waals surface area contributed by atoms with Gasteiger partial charge in [0.1, 0.15) is 11.2 Å². The van der Waals surface area contributed by atoms with Gasteiger partial charge in [0.05, 0.1) is 0 Å². The van der Waals surface area contributed by atoms with Crippen molar-refractivity contribution in [3.8, 4) is 11.5 Å². The zero-order chi connectivity index (χ0) is 19.2. The lowest BCUT2D eigenvalue weighted by Gasteiger charge is -2.46. The van der Waals surface area contributed by atoms with Crippen LogP contribution >= 0.6 is 0 Å². The fraction of sp³-hybridized carbons (Fsp3) is 0.500. The summed E-state index contributed by atoms with van der Waals surface area (Å²) in [6, 6.07) is 6.08. The Kier molecular flexibility index (Phi) is 4.40. The SMILES string of the molecule is CC=CC1=C[C@]2(OC)[C@H](C)[C@@H](c3ccc4c(c3)OCO4)C[C@]2(OC)CC1=O. The topological polar surface area (TPSA) is 54.0 Å². The van der Waals surface area contributed by atoms with Crippen molar-refractivity contribution in [2.45, 2.75) is 43.8 Å². The smallest absolute Gasteiger partial charge is 0.231 e.